The molecule has 1 aromatic heterocycles. The summed E-state index contributed by atoms with van der Waals surface area (Å²) < 4.78 is 3.31. The van der Waals surface area contributed by atoms with E-state index in [2.05, 4.69) is 21.8 Å². The van der Waals surface area contributed by atoms with Gasteiger partial charge in [0, 0.05) is 39.1 Å². The molecule has 5 nitrogen and oxygen atoms in total. The van der Waals surface area contributed by atoms with Gasteiger partial charge in [-0.2, -0.15) is 16.9 Å². The van der Waals surface area contributed by atoms with Crippen LogP contribution in [0.3, 0.4) is 0 Å². The molecule has 3 heterocycles. The molecule has 3 rings (SSSR count). The summed E-state index contributed by atoms with van der Waals surface area (Å²) in [5.74, 6) is 3.52. The van der Waals surface area contributed by atoms with Crippen LogP contribution in [0.5, 0.6) is 0 Å². The molecular formula is C12H20N4OS. The van der Waals surface area contributed by atoms with Crippen molar-refractivity contribution in [2.24, 2.45) is 7.05 Å². The largest absolute Gasteiger partial charge is 0.345 e. The van der Waals surface area contributed by atoms with E-state index in [4.69, 9.17) is 0 Å². The van der Waals surface area contributed by atoms with Crippen molar-refractivity contribution >= 4 is 11.8 Å². The van der Waals surface area contributed by atoms with Crippen molar-refractivity contribution in [2.75, 3.05) is 24.6 Å². The Balaban J connectivity index is 1.73. The molecule has 1 fully saturated rings. The number of rotatable bonds is 1. The highest BCUT2D eigenvalue weighted by Gasteiger charge is 2.25. The molecule has 2 aliphatic rings. The molecule has 0 atom stereocenters. The zero-order chi connectivity index (χ0) is 12.5. The van der Waals surface area contributed by atoms with Gasteiger partial charge in [-0.15, -0.1) is 0 Å². The van der Waals surface area contributed by atoms with Crippen molar-refractivity contribution < 1.29 is 0 Å². The summed E-state index contributed by atoms with van der Waals surface area (Å²) in [5.41, 5.74) is 0.0334. The van der Waals surface area contributed by atoms with E-state index in [1.165, 1.54) is 29.0 Å². The predicted molar refractivity (Wildman–Crippen MR) is 73.1 cm³/mol. The third-order valence-corrected chi connectivity index (χ3v) is 5.07. The number of aromatic nitrogens is 3. The van der Waals surface area contributed by atoms with Gasteiger partial charge in [0.25, 0.3) is 0 Å². The lowest BCUT2D eigenvalue weighted by molar-refractivity contribution is 0.188. The second-order valence-corrected chi connectivity index (χ2v) is 6.33. The maximum atomic E-state index is 11.9. The second kappa shape index (κ2) is 5.09. The standard InChI is InChI=1S/C12H20N4OS/c1-14-12(17)16-7-6-15(5-2-11(16)13-14)10-3-8-18-9-4-10/h10H,2-9H2,1H3. The Labute approximate surface area is 111 Å². The van der Waals surface area contributed by atoms with E-state index in [0.717, 1.165) is 37.9 Å². The minimum absolute atomic E-state index is 0.0334. The topological polar surface area (TPSA) is 43.1 Å². The fourth-order valence-electron chi connectivity index (χ4n) is 2.96. The average molecular weight is 268 g/mol. The van der Waals surface area contributed by atoms with Crippen LogP contribution in [0, 0.1) is 0 Å². The molecule has 0 unspecified atom stereocenters. The van der Waals surface area contributed by atoms with Crippen molar-refractivity contribution in [1.29, 1.82) is 0 Å². The number of hydrogen-bond donors (Lipinski definition) is 0. The Morgan fingerprint density at radius 3 is 2.78 bits per heavy atom. The Morgan fingerprint density at radius 1 is 1.22 bits per heavy atom. The van der Waals surface area contributed by atoms with Crippen molar-refractivity contribution in [3.63, 3.8) is 0 Å². The summed E-state index contributed by atoms with van der Waals surface area (Å²) >= 11 is 2.06. The number of aryl methyl sites for hydroxylation is 1. The minimum Gasteiger partial charge on any atom is -0.298 e. The molecule has 1 aromatic rings. The van der Waals surface area contributed by atoms with Crippen LogP contribution in [0.2, 0.25) is 0 Å². The molecule has 0 amide bonds. The summed E-state index contributed by atoms with van der Waals surface area (Å²) in [6.07, 6.45) is 3.50. The molecule has 0 aliphatic carbocycles. The second-order valence-electron chi connectivity index (χ2n) is 5.10. The lowest BCUT2D eigenvalue weighted by Crippen LogP contribution is -2.40. The Hall–Kier alpha value is -0.750. The number of fused-ring (bicyclic) bond motifs is 1. The maximum Gasteiger partial charge on any atom is 0.345 e. The molecule has 2 aliphatic heterocycles. The first kappa shape index (κ1) is 12.3. The molecule has 100 valence electrons. The fourth-order valence-corrected chi connectivity index (χ4v) is 4.05. The first-order valence-corrected chi connectivity index (χ1v) is 7.85. The molecule has 0 saturated carbocycles. The lowest BCUT2D eigenvalue weighted by Gasteiger charge is -2.32. The Bertz CT molecular complexity index is 475. The molecule has 0 spiro atoms. The molecule has 0 radical (unpaired) electrons. The summed E-state index contributed by atoms with van der Waals surface area (Å²) in [7, 11) is 1.74. The molecule has 0 bridgehead atoms. The van der Waals surface area contributed by atoms with Crippen LogP contribution in [0.1, 0.15) is 18.7 Å². The van der Waals surface area contributed by atoms with Crippen LogP contribution in [0.25, 0.3) is 0 Å². The van der Waals surface area contributed by atoms with Gasteiger partial charge >= 0.3 is 5.69 Å². The summed E-state index contributed by atoms with van der Waals surface area (Å²) in [6.45, 7) is 2.84. The fraction of sp³-hybridized carbons (Fsp3) is 0.833. The zero-order valence-electron chi connectivity index (χ0n) is 10.8. The first-order valence-electron chi connectivity index (χ1n) is 6.70. The molecule has 1 saturated heterocycles. The SMILES string of the molecule is Cn1nc2n(c1=O)CCN(C1CCSCC1)CC2. The third kappa shape index (κ3) is 2.23. The van der Waals surface area contributed by atoms with Crippen LogP contribution in [-0.2, 0) is 20.0 Å². The van der Waals surface area contributed by atoms with Gasteiger partial charge in [-0.3, -0.25) is 9.47 Å². The highest BCUT2D eigenvalue weighted by atomic mass is 32.2. The van der Waals surface area contributed by atoms with Crippen LogP contribution < -0.4 is 5.69 Å². The normalized spacial score (nSPS) is 22.7. The molecule has 0 N–H and O–H groups in total. The quantitative estimate of drug-likeness (QED) is 0.736. The van der Waals surface area contributed by atoms with E-state index in [9.17, 15) is 4.79 Å². The van der Waals surface area contributed by atoms with Gasteiger partial charge in [-0.1, -0.05) is 0 Å². The van der Waals surface area contributed by atoms with Crippen LogP contribution in [0.15, 0.2) is 4.79 Å². The van der Waals surface area contributed by atoms with E-state index in [0.29, 0.717) is 0 Å². The van der Waals surface area contributed by atoms with E-state index < -0.39 is 0 Å². The van der Waals surface area contributed by atoms with Crippen molar-refractivity contribution in [3.05, 3.63) is 16.3 Å². The Morgan fingerprint density at radius 2 is 2.00 bits per heavy atom. The van der Waals surface area contributed by atoms with Crippen molar-refractivity contribution in [1.82, 2.24) is 19.2 Å². The van der Waals surface area contributed by atoms with Gasteiger partial charge in [0.15, 0.2) is 0 Å². The van der Waals surface area contributed by atoms with Gasteiger partial charge in [0.1, 0.15) is 5.82 Å². The Kier molecular flexibility index (Phi) is 3.48. The number of hydrogen-bond acceptors (Lipinski definition) is 4. The molecule has 0 aromatic carbocycles. The minimum atomic E-state index is 0.0334. The smallest absolute Gasteiger partial charge is 0.298 e. The number of nitrogens with zero attached hydrogens (tertiary/aromatic N) is 4. The maximum absolute atomic E-state index is 11.9. The summed E-state index contributed by atoms with van der Waals surface area (Å²) in [4.78, 5) is 14.5. The van der Waals surface area contributed by atoms with Crippen LogP contribution in [0.4, 0.5) is 0 Å². The highest BCUT2D eigenvalue weighted by Crippen LogP contribution is 2.22. The zero-order valence-corrected chi connectivity index (χ0v) is 11.7. The van der Waals surface area contributed by atoms with E-state index in [1.807, 2.05) is 4.57 Å². The van der Waals surface area contributed by atoms with E-state index in [-0.39, 0.29) is 5.69 Å². The van der Waals surface area contributed by atoms with Crippen LogP contribution >= 0.6 is 11.8 Å². The number of thioether (sulfide) groups is 1. The van der Waals surface area contributed by atoms with Crippen molar-refractivity contribution in [2.45, 2.75) is 31.8 Å². The molecule has 18 heavy (non-hydrogen) atoms. The first-order chi connectivity index (χ1) is 8.75. The molecular weight excluding hydrogens is 248 g/mol. The predicted octanol–water partition coefficient (Wildman–Crippen LogP) is 0.335. The van der Waals surface area contributed by atoms with Crippen LogP contribution in [-0.4, -0.2) is 49.9 Å². The van der Waals surface area contributed by atoms with Gasteiger partial charge in [0.2, 0.25) is 0 Å². The summed E-state index contributed by atoms with van der Waals surface area (Å²) in [5, 5.41) is 4.33. The van der Waals surface area contributed by atoms with E-state index in [1.54, 1.807) is 7.05 Å². The van der Waals surface area contributed by atoms with Crippen molar-refractivity contribution in [3.8, 4) is 0 Å². The van der Waals surface area contributed by atoms with Gasteiger partial charge in [-0.25, -0.2) is 9.48 Å². The average Bonchev–Trinajstić information content (AvgIpc) is 2.57. The lowest BCUT2D eigenvalue weighted by atomic mass is 10.1. The van der Waals surface area contributed by atoms with Gasteiger partial charge < -0.3 is 0 Å². The van der Waals surface area contributed by atoms with Gasteiger partial charge in [-0.05, 0) is 24.3 Å². The molecule has 6 heteroatoms. The third-order valence-electron chi connectivity index (χ3n) is 4.03. The summed E-state index contributed by atoms with van der Waals surface area (Å²) in [6, 6.07) is 0.722. The highest BCUT2D eigenvalue weighted by molar-refractivity contribution is 7.99. The monoisotopic (exact) mass is 268 g/mol. The van der Waals surface area contributed by atoms with Gasteiger partial charge in [0.05, 0.1) is 0 Å². The van der Waals surface area contributed by atoms with E-state index >= 15 is 0 Å².